The summed E-state index contributed by atoms with van der Waals surface area (Å²) in [6, 6.07) is 0. The van der Waals surface area contributed by atoms with Crippen molar-refractivity contribution in [3.8, 4) is 0 Å². The molecule has 11 heavy (non-hydrogen) atoms. The minimum Gasteiger partial charge on any atom is -0.612 e. The van der Waals surface area contributed by atoms with Crippen LogP contribution in [0.3, 0.4) is 0 Å². The van der Waals surface area contributed by atoms with Gasteiger partial charge in [0.1, 0.15) is 5.41 Å². The van der Waals surface area contributed by atoms with E-state index in [4.69, 9.17) is 0 Å². The molecular formula is C7H12OS3. The van der Waals surface area contributed by atoms with E-state index in [-0.39, 0.29) is 0 Å². The lowest BCUT2D eigenvalue weighted by Crippen LogP contribution is -1.87. The van der Waals surface area contributed by atoms with Gasteiger partial charge in [0.25, 0.3) is 0 Å². The van der Waals surface area contributed by atoms with Crippen LogP contribution in [0.1, 0.15) is 0 Å². The lowest BCUT2D eigenvalue weighted by atomic mass is 10.8. The summed E-state index contributed by atoms with van der Waals surface area (Å²) >= 11 is -0.796. The first kappa shape index (κ1) is 11.5. The molecule has 0 aliphatic rings. The van der Waals surface area contributed by atoms with E-state index in [1.165, 1.54) is 0 Å². The van der Waals surface area contributed by atoms with Crippen molar-refractivity contribution in [2.24, 2.45) is 0 Å². The van der Waals surface area contributed by atoms with Gasteiger partial charge in [0.05, 0.1) is 6.26 Å². The van der Waals surface area contributed by atoms with E-state index in [0.717, 1.165) is 11.5 Å². The number of hydrogen-bond donors (Lipinski definition) is 0. The molecule has 0 fully saturated rings. The van der Waals surface area contributed by atoms with E-state index >= 15 is 0 Å². The highest BCUT2D eigenvalue weighted by Gasteiger charge is 1.86. The van der Waals surface area contributed by atoms with Gasteiger partial charge < -0.3 is 4.55 Å². The molecule has 0 aromatic carbocycles. The molecule has 1 atom stereocenters. The van der Waals surface area contributed by atoms with E-state index in [2.05, 4.69) is 6.58 Å². The summed E-state index contributed by atoms with van der Waals surface area (Å²) < 4.78 is 10.5. The molecule has 0 aromatic rings. The van der Waals surface area contributed by atoms with E-state index in [1.807, 2.05) is 12.2 Å². The molecule has 0 rings (SSSR count). The highest BCUT2D eigenvalue weighted by molar-refractivity contribution is 8.76. The van der Waals surface area contributed by atoms with Crippen LogP contribution in [0.15, 0.2) is 24.1 Å². The molecule has 1 nitrogen and oxygen atoms in total. The van der Waals surface area contributed by atoms with E-state index in [0.29, 0.717) is 0 Å². The Kier molecular flexibility index (Phi) is 8.97. The molecule has 64 valence electrons. The molecule has 0 N–H and O–H groups in total. The Bertz CT molecular complexity index is 123. The number of rotatable bonds is 6. The Morgan fingerprint density at radius 2 is 2.09 bits per heavy atom. The summed E-state index contributed by atoms with van der Waals surface area (Å²) in [5, 5.41) is 1.71. The van der Waals surface area contributed by atoms with Gasteiger partial charge in [0.15, 0.2) is 0 Å². The Hall–Kier alpha value is 0.490. The third-order valence-electron chi connectivity index (χ3n) is 0.721. The highest BCUT2D eigenvalue weighted by Crippen LogP contribution is 2.20. The number of hydrogen-bond acceptors (Lipinski definition) is 3. The molecule has 0 heterocycles. The molecule has 0 aliphatic heterocycles. The van der Waals surface area contributed by atoms with E-state index in [1.54, 1.807) is 33.3 Å². The Balaban J connectivity index is 3.07. The smallest absolute Gasteiger partial charge is 0.113 e. The molecule has 0 spiro atoms. The van der Waals surface area contributed by atoms with Crippen LogP contribution in [-0.4, -0.2) is 22.3 Å². The van der Waals surface area contributed by atoms with Gasteiger partial charge in [-0.2, -0.15) is 0 Å². The summed E-state index contributed by atoms with van der Waals surface area (Å²) in [6.07, 6.45) is 5.47. The van der Waals surface area contributed by atoms with Crippen LogP contribution < -0.4 is 0 Å². The fourth-order valence-electron chi connectivity index (χ4n) is 0.358. The monoisotopic (exact) mass is 208 g/mol. The van der Waals surface area contributed by atoms with Crippen molar-refractivity contribution in [1.29, 1.82) is 0 Å². The zero-order valence-corrected chi connectivity index (χ0v) is 8.94. The van der Waals surface area contributed by atoms with Gasteiger partial charge in [-0.1, -0.05) is 27.7 Å². The zero-order valence-electron chi connectivity index (χ0n) is 6.49. The lowest BCUT2D eigenvalue weighted by Gasteiger charge is -1.95. The molecule has 0 bridgehead atoms. The molecule has 0 amide bonds. The SMILES string of the molecule is C=CCSSCC=C[S+](C)[O-]. The minimum atomic E-state index is -0.796. The summed E-state index contributed by atoms with van der Waals surface area (Å²) in [5.74, 6) is 1.88. The van der Waals surface area contributed by atoms with E-state index < -0.39 is 11.2 Å². The maximum atomic E-state index is 10.5. The zero-order chi connectivity index (χ0) is 8.53. The first-order valence-electron chi connectivity index (χ1n) is 3.11. The van der Waals surface area contributed by atoms with Gasteiger partial charge >= 0.3 is 0 Å². The van der Waals surface area contributed by atoms with Crippen LogP contribution in [-0.2, 0) is 11.2 Å². The van der Waals surface area contributed by atoms with Gasteiger partial charge in [0.2, 0.25) is 0 Å². The van der Waals surface area contributed by atoms with Crippen molar-refractivity contribution in [1.82, 2.24) is 0 Å². The Morgan fingerprint density at radius 1 is 1.45 bits per heavy atom. The summed E-state index contributed by atoms with van der Waals surface area (Å²) in [4.78, 5) is 0. The van der Waals surface area contributed by atoms with Crippen LogP contribution >= 0.6 is 21.6 Å². The van der Waals surface area contributed by atoms with Gasteiger partial charge in [-0.3, -0.25) is 0 Å². The average Bonchev–Trinajstić information content (AvgIpc) is 1.96. The predicted molar refractivity (Wildman–Crippen MR) is 58.3 cm³/mol. The predicted octanol–water partition coefficient (Wildman–Crippen LogP) is 2.45. The van der Waals surface area contributed by atoms with Crippen molar-refractivity contribution in [3.05, 3.63) is 24.1 Å². The maximum absolute atomic E-state index is 10.5. The fourth-order valence-corrected chi connectivity index (χ4v) is 2.41. The minimum absolute atomic E-state index is 0.796. The Morgan fingerprint density at radius 3 is 2.64 bits per heavy atom. The quantitative estimate of drug-likeness (QED) is 0.290. The van der Waals surface area contributed by atoms with Crippen LogP contribution in [0.2, 0.25) is 0 Å². The van der Waals surface area contributed by atoms with Crippen LogP contribution in [0.4, 0.5) is 0 Å². The van der Waals surface area contributed by atoms with Crippen LogP contribution in [0.5, 0.6) is 0 Å². The molecule has 0 aliphatic carbocycles. The van der Waals surface area contributed by atoms with Gasteiger partial charge in [-0.25, -0.2) is 0 Å². The molecule has 0 saturated heterocycles. The highest BCUT2D eigenvalue weighted by atomic mass is 33.1. The van der Waals surface area contributed by atoms with Crippen molar-refractivity contribution in [3.63, 3.8) is 0 Å². The maximum Gasteiger partial charge on any atom is 0.113 e. The second-order valence-electron chi connectivity index (χ2n) is 1.73. The molecule has 0 saturated carbocycles. The molecule has 0 radical (unpaired) electrons. The molecule has 0 aromatic heterocycles. The van der Waals surface area contributed by atoms with Crippen molar-refractivity contribution in [2.45, 2.75) is 0 Å². The molecule has 1 unspecified atom stereocenters. The van der Waals surface area contributed by atoms with Crippen LogP contribution in [0, 0.1) is 0 Å². The first-order valence-corrected chi connectivity index (χ1v) is 7.22. The van der Waals surface area contributed by atoms with Crippen molar-refractivity contribution >= 4 is 32.8 Å². The molecule has 4 heteroatoms. The standard InChI is InChI=1S/C7H12OS3/c1-3-5-9-10-6-4-7-11(2)8/h3-4,7H,1,5-6H2,2H3. The fraction of sp³-hybridized carbons (Fsp3) is 0.429. The van der Waals surface area contributed by atoms with Gasteiger partial charge in [0, 0.05) is 11.5 Å². The summed E-state index contributed by atoms with van der Waals surface area (Å²) in [7, 11) is 3.50. The second-order valence-corrected chi connectivity index (χ2v) is 5.55. The third-order valence-corrected chi connectivity index (χ3v) is 3.48. The topological polar surface area (TPSA) is 23.1 Å². The molecular weight excluding hydrogens is 196 g/mol. The van der Waals surface area contributed by atoms with Gasteiger partial charge in [-0.05, 0) is 17.3 Å². The normalized spacial score (nSPS) is 13.6. The Labute approximate surface area is 79.3 Å². The van der Waals surface area contributed by atoms with Crippen molar-refractivity contribution in [2.75, 3.05) is 17.8 Å². The van der Waals surface area contributed by atoms with Crippen molar-refractivity contribution < 1.29 is 4.55 Å². The summed E-state index contributed by atoms with van der Waals surface area (Å²) in [5.41, 5.74) is 0. The second kappa shape index (κ2) is 8.59. The third kappa shape index (κ3) is 10.5. The van der Waals surface area contributed by atoms with Crippen LogP contribution in [0.25, 0.3) is 0 Å². The van der Waals surface area contributed by atoms with E-state index in [9.17, 15) is 4.55 Å². The summed E-state index contributed by atoms with van der Waals surface area (Å²) in [6.45, 7) is 3.61. The largest absolute Gasteiger partial charge is 0.612 e. The lowest BCUT2D eigenvalue weighted by molar-refractivity contribution is 0.609. The average molecular weight is 208 g/mol. The van der Waals surface area contributed by atoms with Gasteiger partial charge in [-0.15, -0.1) is 6.58 Å². The first-order chi connectivity index (χ1) is 5.27.